The normalized spacial score (nSPS) is 14.9. The molecule has 1 aliphatic rings. The Morgan fingerprint density at radius 3 is 2.78 bits per heavy atom. The van der Waals surface area contributed by atoms with E-state index < -0.39 is 5.97 Å². The minimum absolute atomic E-state index is 0.0151. The van der Waals surface area contributed by atoms with Crippen LogP contribution in [0.3, 0.4) is 0 Å². The number of amides is 1. The molecule has 1 aromatic rings. The van der Waals surface area contributed by atoms with Crippen LogP contribution in [0, 0.1) is 5.92 Å². The molecule has 1 amide bonds. The third-order valence-corrected chi connectivity index (χ3v) is 2.90. The van der Waals surface area contributed by atoms with Crippen molar-refractivity contribution in [2.45, 2.75) is 19.4 Å². The van der Waals surface area contributed by atoms with Gasteiger partial charge in [0, 0.05) is 25.2 Å². The van der Waals surface area contributed by atoms with Crippen LogP contribution in [0.15, 0.2) is 24.7 Å². The van der Waals surface area contributed by atoms with Crippen molar-refractivity contribution in [1.82, 2.24) is 14.9 Å². The number of carbonyl (C=O) groups excluding carboxylic acids is 1. The van der Waals surface area contributed by atoms with Gasteiger partial charge < -0.3 is 15.0 Å². The Morgan fingerprint density at radius 2 is 2.17 bits per heavy atom. The molecule has 18 heavy (non-hydrogen) atoms. The number of carboxylic acid groups (broad SMARTS) is 1. The molecule has 2 N–H and O–H groups in total. The zero-order chi connectivity index (χ0) is 13.0. The summed E-state index contributed by atoms with van der Waals surface area (Å²) in [6.07, 6.45) is 8.54. The van der Waals surface area contributed by atoms with Crippen LogP contribution in [0.2, 0.25) is 0 Å². The van der Waals surface area contributed by atoms with E-state index in [1.807, 2.05) is 12.2 Å². The fraction of sp³-hybridized carbons (Fsp3) is 0.417. The molecule has 2 rings (SSSR count). The molecule has 0 radical (unpaired) electrons. The zero-order valence-electron chi connectivity index (χ0n) is 9.87. The minimum atomic E-state index is -1.05. The minimum Gasteiger partial charge on any atom is -0.476 e. The van der Waals surface area contributed by atoms with Crippen LogP contribution < -0.4 is 5.32 Å². The first-order valence-electron chi connectivity index (χ1n) is 5.84. The molecule has 0 atom stereocenters. The fourth-order valence-electron chi connectivity index (χ4n) is 1.88. The summed E-state index contributed by atoms with van der Waals surface area (Å²) in [6.45, 7) is 0.997. The smallest absolute Gasteiger partial charge is 0.356 e. The Balaban J connectivity index is 1.74. The molecule has 6 heteroatoms. The molecule has 0 saturated heterocycles. The lowest BCUT2D eigenvalue weighted by Crippen LogP contribution is -2.31. The van der Waals surface area contributed by atoms with E-state index >= 15 is 0 Å². The van der Waals surface area contributed by atoms with E-state index in [2.05, 4.69) is 10.3 Å². The molecule has 6 nitrogen and oxygen atoms in total. The highest BCUT2D eigenvalue weighted by atomic mass is 16.4. The number of allylic oxidation sites excluding steroid dienone is 2. The van der Waals surface area contributed by atoms with Crippen molar-refractivity contribution in [1.29, 1.82) is 0 Å². The summed E-state index contributed by atoms with van der Waals surface area (Å²) >= 11 is 0. The summed E-state index contributed by atoms with van der Waals surface area (Å²) in [4.78, 5) is 26.0. The number of rotatable bonds is 5. The number of aromatic nitrogens is 2. The SMILES string of the molecule is O=C(O)c1cn(CCNC(=O)C2CC=CC2)cn1. The summed E-state index contributed by atoms with van der Waals surface area (Å²) in [7, 11) is 0. The summed E-state index contributed by atoms with van der Waals surface area (Å²) in [5.41, 5.74) is 0.0151. The Kier molecular flexibility index (Phi) is 3.76. The summed E-state index contributed by atoms with van der Waals surface area (Å²) in [5, 5.41) is 11.5. The van der Waals surface area contributed by atoms with Gasteiger partial charge in [0.2, 0.25) is 5.91 Å². The molecule has 0 spiro atoms. The van der Waals surface area contributed by atoms with Gasteiger partial charge in [0.25, 0.3) is 0 Å². The number of nitrogens with one attached hydrogen (secondary N) is 1. The number of carbonyl (C=O) groups is 2. The number of carboxylic acids is 1. The number of nitrogens with zero attached hydrogens (tertiary/aromatic N) is 2. The van der Waals surface area contributed by atoms with E-state index in [1.54, 1.807) is 4.57 Å². The van der Waals surface area contributed by atoms with E-state index in [1.165, 1.54) is 12.5 Å². The first-order chi connectivity index (χ1) is 8.66. The van der Waals surface area contributed by atoms with Gasteiger partial charge in [-0.05, 0) is 12.8 Å². The highest BCUT2D eigenvalue weighted by Crippen LogP contribution is 2.17. The van der Waals surface area contributed by atoms with E-state index in [4.69, 9.17) is 5.11 Å². The zero-order valence-corrected chi connectivity index (χ0v) is 9.87. The van der Waals surface area contributed by atoms with Gasteiger partial charge in [0.1, 0.15) is 0 Å². The topological polar surface area (TPSA) is 84.2 Å². The van der Waals surface area contributed by atoms with Crippen molar-refractivity contribution in [2.75, 3.05) is 6.54 Å². The van der Waals surface area contributed by atoms with E-state index in [9.17, 15) is 9.59 Å². The second kappa shape index (κ2) is 5.48. The highest BCUT2D eigenvalue weighted by molar-refractivity contribution is 5.84. The third kappa shape index (κ3) is 2.97. The molecule has 1 aliphatic carbocycles. The Labute approximate surface area is 104 Å². The maximum atomic E-state index is 11.7. The monoisotopic (exact) mass is 249 g/mol. The van der Waals surface area contributed by atoms with Crippen LogP contribution >= 0.6 is 0 Å². The maximum Gasteiger partial charge on any atom is 0.356 e. The first-order valence-corrected chi connectivity index (χ1v) is 5.84. The van der Waals surface area contributed by atoms with Crippen molar-refractivity contribution >= 4 is 11.9 Å². The third-order valence-electron chi connectivity index (χ3n) is 2.90. The lowest BCUT2D eigenvalue weighted by Gasteiger charge is -2.10. The number of hydrogen-bond donors (Lipinski definition) is 2. The lowest BCUT2D eigenvalue weighted by atomic mass is 10.1. The van der Waals surface area contributed by atoms with Crippen molar-refractivity contribution in [3.8, 4) is 0 Å². The van der Waals surface area contributed by atoms with Crippen LogP contribution in [-0.4, -0.2) is 33.1 Å². The number of aromatic carboxylic acids is 1. The van der Waals surface area contributed by atoms with E-state index in [0.717, 1.165) is 12.8 Å². The van der Waals surface area contributed by atoms with Crippen molar-refractivity contribution in [3.05, 3.63) is 30.4 Å². The molecular formula is C12H15N3O3. The summed E-state index contributed by atoms with van der Waals surface area (Å²) < 4.78 is 1.65. The van der Waals surface area contributed by atoms with Gasteiger partial charge in [-0.15, -0.1) is 0 Å². The first kappa shape index (κ1) is 12.3. The van der Waals surface area contributed by atoms with Crippen molar-refractivity contribution in [2.24, 2.45) is 5.92 Å². The average Bonchev–Trinajstić information content (AvgIpc) is 3.00. The van der Waals surface area contributed by atoms with Crippen LogP contribution in [-0.2, 0) is 11.3 Å². The summed E-state index contributed by atoms with van der Waals surface area (Å²) in [6, 6.07) is 0. The number of imidazole rings is 1. The second-order valence-corrected chi connectivity index (χ2v) is 4.23. The lowest BCUT2D eigenvalue weighted by molar-refractivity contribution is -0.124. The standard InChI is InChI=1S/C12H15N3O3/c16-11(9-3-1-2-4-9)13-5-6-15-7-10(12(17)18)14-8-15/h1-2,7-9H,3-6H2,(H,13,16)(H,17,18). The molecule has 1 heterocycles. The van der Waals surface area contributed by atoms with Gasteiger partial charge >= 0.3 is 5.97 Å². The molecule has 0 saturated carbocycles. The predicted molar refractivity (Wildman–Crippen MR) is 64.1 cm³/mol. The maximum absolute atomic E-state index is 11.7. The second-order valence-electron chi connectivity index (χ2n) is 4.23. The van der Waals surface area contributed by atoms with Crippen LogP contribution in [0.5, 0.6) is 0 Å². The van der Waals surface area contributed by atoms with Crippen LogP contribution in [0.25, 0.3) is 0 Å². The van der Waals surface area contributed by atoms with E-state index in [0.29, 0.717) is 13.1 Å². The molecule has 0 aromatic carbocycles. The van der Waals surface area contributed by atoms with E-state index in [-0.39, 0.29) is 17.5 Å². The van der Waals surface area contributed by atoms with Gasteiger partial charge in [0.05, 0.1) is 6.33 Å². The molecule has 96 valence electrons. The molecule has 0 unspecified atom stereocenters. The Hall–Kier alpha value is -2.11. The molecule has 1 aromatic heterocycles. The Morgan fingerprint density at radius 1 is 1.44 bits per heavy atom. The fourth-order valence-corrected chi connectivity index (χ4v) is 1.88. The van der Waals surface area contributed by atoms with Gasteiger partial charge in [0.15, 0.2) is 5.69 Å². The largest absolute Gasteiger partial charge is 0.476 e. The van der Waals surface area contributed by atoms with Crippen LogP contribution in [0.4, 0.5) is 0 Å². The van der Waals surface area contributed by atoms with Gasteiger partial charge in [-0.3, -0.25) is 4.79 Å². The highest BCUT2D eigenvalue weighted by Gasteiger charge is 2.18. The van der Waals surface area contributed by atoms with Gasteiger partial charge in [-0.25, -0.2) is 9.78 Å². The average molecular weight is 249 g/mol. The van der Waals surface area contributed by atoms with Crippen molar-refractivity contribution in [3.63, 3.8) is 0 Å². The van der Waals surface area contributed by atoms with Gasteiger partial charge in [-0.2, -0.15) is 0 Å². The number of hydrogen-bond acceptors (Lipinski definition) is 3. The quantitative estimate of drug-likeness (QED) is 0.751. The molecular weight excluding hydrogens is 234 g/mol. The summed E-state index contributed by atoms with van der Waals surface area (Å²) in [5.74, 6) is -0.934. The van der Waals surface area contributed by atoms with Crippen LogP contribution in [0.1, 0.15) is 23.3 Å². The Bertz CT molecular complexity index is 471. The molecule has 0 bridgehead atoms. The molecule has 0 aliphatic heterocycles. The van der Waals surface area contributed by atoms with Gasteiger partial charge in [-0.1, -0.05) is 12.2 Å². The predicted octanol–water partition coefficient (Wildman–Crippen LogP) is 0.664. The molecule has 0 fully saturated rings. The van der Waals surface area contributed by atoms with Crippen molar-refractivity contribution < 1.29 is 14.7 Å².